The van der Waals surface area contributed by atoms with Crippen molar-refractivity contribution < 1.29 is 9.59 Å². The first kappa shape index (κ1) is 23.2. The molecule has 0 spiro atoms. The molecule has 0 bridgehead atoms. The Morgan fingerprint density at radius 3 is 2.48 bits per heavy atom. The highest BCUT2D eigenvalue weighted by Gasteiger charge is 2.43. The zero-order valence-electron chi connectivity index (χ0n) is 19.9. The molecule has 5 nitrogen and oxygen atoms in total. The maximum atomic E-state index is 12.7. The average molecular weight is 464 g/mol. The van der Waals surface area contributed by atoms with Gasteiger partial charge in [-0.05, 0) is 81.3 Å². The molecule has 1 fully saturated rings. The summed E-state index contributed by atoms with van der Waals surface area (Å²) in [6.07, 6.45) is 1.45. The zero-order chi connectivity index (χ0) is 24.0. The van der Waals surface area contributed by atoms with Crippen molar-refractivity contribution in [2.45, 2.75) is 51.5 Å². The van der Waals surface area contributed by atoms with Crippen LogP contribution in [0.1, 0.15) is 50.3 Å². The van der Waals surface area contributed by atoms with Gasteiger partial charge < -0.3 is 15.1 Å². The van der Waals surface area contributed by atoms with Gasteiger partial charge in [-0.15, -0.1) is 0 Å². The van der Waals surface area contributed by atoms with E-state index < -0.39 is 11.0 Å². The number of likely N-dealkylation sites (N-methyl/N-ethyl adjacent to an activating group) is 1. The molecule has 1 N–H and O–H groups in total. The van der Waals surface area contributed by atoms with E-state index in [-0.39, 0.29) is 11.8 Å². The Hall–Kier alpha value is -2.97. The van der Waals surface area contributed by atoms with Gasteiger partial charge in [0.1, 0.15) is 0 Å². The van der Waals surface area contributed by atoms with Crippen LogP contribution in [0.4, 0.5) is 11.4 Å². The molecule has 2 amide bonds. The number of rotatable bonds is 3. The number of hydrogen-bond acceptors (Lipinski definition) is 3. The minimum atomic E-state index is -0.532. The maximum Gasteiger partial charge on any atom is 0.298 e. The molecule has 172 valence electrons. The van der Waals surface area contributed by atoms with E-state index >= 15 is 0 Å². The highest BCUT2D eigenvalue weighted by atomic mass is 35.5. The largest absolute Gasteiger partial charge is 0.375 e. The summed E-state index contributed by atoms with van der Waals surface area (Å²) >= 11 is 6.51. The van der Waals surface area contributed by atoms with Crippen LogP contribution in [0.2, 0.25) is 5.02 Å². The highest BCUT2D eigenvalue weighted by Crippen LogP contribution is 2.44. The van der Waals surface area contributed by atoms with Crippen molar-refractivity contribution in [2.75, 3.05) is 30.4 Å². The first-order valence-corrected chi connectivity index (χ1v) is 11.7. The third kappa shape index (κ3) is 3.87. The Morgan fingerprint density at radius 2 is 1.82 bits per heavy atom. The van der Waals surface area contributed by atoms with Crippen molar-refractivity contribution >= 4 is 34.8 Å². The smallest absolute Gasteiger partial charge is 0.298 e. The molecular formula is C27H30ClN3O2. The molecular weight excluding hydrogens is 434 g/mol. The Morgan fingerprint density at radius 1 is 1.12 bits per heavy atom. The third-order valence-electron chi connectivity index (χ3n) is 7.17. The van der Waals surface area contributed by atoms with E-state index in [9.17, 15) is 9.59 Å². The fraction of sp³-hybridized carbons (Fsp3) is 0.407. The standard InChI is InChI=1S/C27H30ClN3O2/c1-6-8-24(32)31-15-13-27(14-16-31,20-9-7-10-22(28)18(20)2)29-19-11-12-21-23(17-19)30(5)25(33)26(21,3)4/h7,9-12,17,29H,13-16H2,1-5H3. The van der Waals surface area contributed by atoms with Crippen LogP contribution in [0, 0.1) is 18.8 Å². The summed E-state index contributed by atoms with van der Waals surface area (Å²) in [4.78, 5) is 28.7. The van der Waals surface area contributed by atoms with Gasteiger partial charge in [0.25, 0.3) is 5.91 Å². The molecule has 2 heterocycles. The van der Waals surface area contributed by atoms with Crippen LogP contribution in [0.5, 0.6) is 0 Å². The van der Waals surface area contributed by atoms with Gasteiger partial charge in [-0.2, -0.15) is 0 Å². The van der Waals surface area contributed by atoms with Crippen molar-refractivity contribution in [3.63, 3.8) is 0 Å². The molecule has 0 aromatic heterocycles. The summed E-state index contributed by atoms with van der Waals surface area (Å²) in [6, 6.07) is 12.2. The van der Waals surface area contributed by atoms with E-state index in [0.717, 1.165) is 45.9 Å². The lowest BCUT2D eigenvalue weighted by Crippen LogP contribution is -2.49. The van der Waals surface area contributed by atoms with E-state index in [1.165, 1.54) is 0 Å². The normalized spacial score (nSPS) is 18.4. The molecule has 0 aliphatic carbocycles. The Balaban J connectivity index is 1.72. The number of amides is 2. The zero-order valence-corrected chi connectivity index (χ0v) is 20.6. The summed E-state index contributed by atoms with van der Waals surface area (Å²) in [5, 5.41) is 4.52. The van der Waals surface area contributed by atoms with Gasteiger partial charge in [0, 0.05) is 36.5 Å². The maximum absolute atomic E-state index is 12.7. The molecule has 2 aliphatic heterocycles. The minimum Gasteiger partial charge on any atom is -0.375 e. The van der Waals surface area contributed by atoms with Gasteiger partial charge in [-0.3, -0.25) is 9.59 Å². The Bertz CT molecular complexity index is 1180. The predicted octanol–water partition coefficient (Wildman–Crippen LogP) is 4.86. The number of carbonyl (C=O) groups excluding carboxylic acids is 2. The lowest BCUT2D eigenvalue weighted by atomic mass is 9.78. The van der Waals surface area contributed by atoms with E-state index in [4.69, 9.17) is 11.6 Å². The minimum absolute atomic E-state index is 0.0962. The van der Waals surface area contributed by atoms with Crippen LogP contribution < -0.4 is 10.2 Å². The first-order valence-electron chi connectivity index (χ1n) is 11.3. The molecule has 2 aromatic carbocycles. The second-order valence-corrected chi connectivity index (χ2v) is 9.92. The van der Waals surface area contributed by atoms with Crippen LogP contribution >= 0.6 is 11.6 Å². The number of benzene rings is 2. The molecule has 2 aliphatic rings. The van der Waals surface area contributed by atoms with Crippen molar-refractivity contribution in [3.05, 3.63) is 58.1 Å². The topological polar surface area (TPSA) is 52.7 Å². The third-order valence-corrected chi connectivity index (χ3v) is 7.58. The van der Waals surface area contributed by atoms with Crippen molar-refractivity contribution in [3.8, 4) is 11.8 Å². The van der Waals surface area contributed by atoms with Crippen molar-refractivity contribution in [2.24, 2.45) is 0 Å². The van der Waals surface area contributed by atoms with Gasteiger partial charge in [0.15, 0.2) is 0 Å². The number of nitrogens with zero attached hydrogens (tertiary/aromatic N) is 2. The highest BCUT2D eigenvalue weighted by molar-refractivity contribution is 6.31. The molecule has 2 aromatic rings. The molecule has 0 unspecified atom stereocenters. The summed E-state index contributed by atoms with van der Waals surface area (Å²) in [6.45, 7) is 8.85. The number of nitrogens with one attached hydrogen (secondary N) is 1. The van der Waals surface area contributed by atoms with Gasteiger partial charge in [0.2, 0.25) is 5.91 Å². The van der Waals surface area contributed by atoms with E-state index in [0.29, 0.717) is 13.1 Å². The molecule has 6 heteroatoms. The quantitative estimate of drug-likeness (QED) is 0.661. The molecule has 0 saturated carbocycles. The van der Waals surface area contributed by atoms with Gasteiger partial charge in [-0.25, -0.2) is 0 Å². The predicted molar refractivity (Wildman–Crippen MR) is 134 cm³/mol. The monoisotopic (exact) mass is 463 g/mol. The van der Waals surface area contributed by atoms with Crippen molar-refractivity contribution in [1.29, 1.82) is 0 Å². The van der Waals surface area contributed by atoms with Gasteiger partial charge >= 0.3 is 0 Å². The van der Waals surface area contributed by atoms with E-state index in [1.807, 2.05) is 50.9 Å². The van der Waals surface area contributed by atoms with Gasteiger partial charge in [-0.1, -0.05) is 35.7 Å². The summed E-state index contributed by atoms with van der Waals surface area (Å²) in [7, 11) is 1.83. The molecule has 33 heavy (non-hydrogen) atoms. The van der Waals surface area contributed by atoms with Crippen molar-refractivity contribution in [1.82, 2.24) is 4.90 Å². The van der Waals surface area contributed by atoms with Gasteiger partial charge in [0.05, 0.1) is 11.0 Å². The molecule has 0 radical (unpaired) electrons. The Labute approximate surface area is 201 Å². The Kier molecular flexibility index (Phi) is 5.92. The van der Waals surface area contributed by atoms with E-state index in [2.05, 4.69) is 35.4 Å². The number of carbonyl (C=O) groups is 2. The van der Waals surface area contributed by atoms with Crippen LogP contribution in [0.3, 0.4) is 0 Å². The average Bonchev–Trinajstić information content (AvgIpc) is 2.96. The first-order chi connectivity index (χ1) is 15.6. The van der Waals surface area contributed by atoms with Crippen LogP contribution in [-0.4, -0.2) is 36.9 Å². The number of halogens is 1. The van der Waals surface area contributed by atoms with E-state index in [1.54, 1.807) is 11.8 Å². The number of piperidine rings is 1. The second-order valence-electron chi connectivity index (χ2n) is 9.51. The fourth-order valence-corrected chi connectivity index (χ4v) is 5.38. The van der Waals surface area contributed by atoms with Crippen LogP contribution in [0.15, 0.2) is 36.4 Å². The summed E-state index contributed by atoms with van der Waals surface area (Å²) in [5.74, 6) is 5.33. The summed E-state index contributed by atoms with van der Waals surface area (Å²) < 4.78 is 0. The van der Waals surface area contributed by atoms with Crippen LogP contribution in [0.25, 0.3) is 0 Å². The number of hydrogen-bond donors (Lipinski definition) is 1. The molecule has 0 atom stereocenters. The lowest BCUT2D eigenvalue weighted by molar-refractivity contribution is -0.126. The fourth-order valence-electron chi connectivity index (χ4n) is 5.20. The number of fused-ring (bicyclic) bond motifs is 1. The SMILES string of the molecule is CC#CC(=O)N1CCC(Nc2ccc3c(c2)N(C)C(=O)C3(C)C)(c2cccc(Cl)c2C)CC1. The number of anilines is 2. The molecule has 4 rings (SSSR count). The summed E-state index contributed by atoms with van der Waals surface area (Å²) in [5.41, 5.74) is 4.15. The lowest BCUT2D eigenvalue weighted by Gasteiger charge is -2.44. The number of likely N-dealkylation sites (tertiary alicyclic amines) is 1. The molecule has 1 saturated heterocycles. The second kappa shape index (κ2) is 8.43. The van der Waals surface area contributed by atoms with Crippen LogP contribution in [-0.2, 0) is 20.5 Å².